The number of ether oxygens (including phenoxy) is 4. The zero-order valence-electron chi connectivity index (χ0n) is 66.1. The number of carbonyl (C=O) groups excluding carboxylic acids is 4. The minimum Gasteiger partial charge on any atom is -0.462 e. The molecule has 19 heteroatoms. The third-order valence-corrected chi connectivity index (χ3v) is 18.4. The van der Waals surface area contributed by atoms with Crippen LogP contribution < -0.4 is 0 Å². The quantitative estimate of drug-likeness (QED) is 0.0169. The number of hydrogen-bond acceptors (Lipinski definition) is 15. The van der Waals surface area contributed by atoms with Gasteiger partial charge in [0.05, 0.1) is 26.4 Å². The molecule has 0 radical (unpaired) electrons. The highest BCUT2D eigenvalue weighted by molar-refractivity contribution is 7.47. The first-order valence-electron chi connectivity index (χ1n) is 40.7. The average Bonchev–Trinajstić information content (AvgIpc) is 0.901. The van der Waals surface area contributed by atoms with Gasteiger partial charge in [0.1, 0.15) is 19.3 Å². The summed E-state index contributed by atoms with van der Waals surface area (Å²) in [5.74, 6) is -2.27. The fourth-order valence-corrected chi connectivity index (χ4v) is 12.0. The average molecular weight is 1520 g/mol. The summed E-state index contributed by atoms with van der Waals surface area (Å²) in [6.45, 7) is 4.44. The number of aliphatic hydroxyl groups is 1. The van der Waals surface area contributed by atoms with Gasteiger partial charge in [-0.3, -0.25) is 37.3 Å². The maximum Gasteiger partial charge on any atom is 0.472 e. The molecule has 0 aliphatic rings. The number of unbranched alkanes of at least 4 members (excludes halogenated alkanes) is 23. The van der Waals surface area contributed by atoms with Gasteiger partial charge in [-0.2, -0.15) is 0 Å². The standard InChI is InChI=1S/C87H144O17P2/c1-5-9-13-17-21-25-29-32-35-38-40-43-45-48-52-55-59-63-67-71-84(89)97-77-82(103-86(91)73-69-65-61-57-51-28-24-20-16-12-8-4)79-101-105(93,94)99-75-81(88)76-100-106(95,96)102-80-83(104-87(92)74-70-66-62-58-54-50-47-42-37-34-31-27-23-19-15-11-7-3)78-98-85(90)72-68-64-60-56-53-49-46-44-41-39-36-33-30-26-22-18-14-10-6-2/h9-11,13-15,21-23,25-27,32-37,40-41,43-44,47,50,58,62,81-83,88H,5-8,12,16-20,24,28-31,38-39,42,45-46,48-49,51-57,59-61,63-80H2,1-4H3,(H,93,94)(H,95,96)/b13-9-,14-10-,15-11-,25-21-,26-22-,27-23-,35-32-,36-33-,37-34-,43-40-,44-41-,50-47-,62-58-. The first-order valence-corrected chi connectivity index (χ1v) is 43.7. The van der Waals surface area contributed by atoms with E-state index in [9.17, 15) is 43.2 Å². The topological polar surface area (TPSA) is 237 Å². The van der Waals surface area contributed by atoms with Crippen LogP contribution in [0.5, 0.6) is 0 Å². The number of allylic oxidation sites excluding steroid dienone is 26. The SMILES string of the molecule is CC/C=C\C/C=C\C/C=C\C/C=C\C/C=C\CCCC(=O)OC(COC(=O)CCCCCCCC/C=C\C/C=C\C/C=C\C/C=C\CC)COP(=O)(O)OCC(O)COP(=O)(O)OCC(COC(=O)CCCCCCCC/C=C\C/C=C\C/C=C\C/C=C\CC)OC(=O)CCCCCCCCCCCCC. The second kappa shape index (κ2) is 77.8. The van der Waals surface area contributed by atoms with Crippen molar-refractivity contribution in [2.75, 3.05) is 39.6 Å². The first kappa shape index (κ1) is 101. The molecule has 5 atom stereocenters. The Hall–Kier alpha value is -5.32. The van der Waals surface area contributed by atoms with Gasteiger partial charge in [0.25, 0.3) is 0 Å². The van der Waals surface area contributed by atoms with Crippen molar-refractivity contribution in [3.63, 3.8) is 0 Å². The Balaban J connectivity index is 5.40. The number of carbonyl (C=O) groups is 4. The largest absolute Gasteiger partial charge is 0.472 e. The van der Waals surface area contributed by atoms with Gasteiger partial charge in [-0.25, -0.2) is 9.13 Å². The fraction of sp³-hybridized carbons (Fsp3) is 0.655. The molecule has 604 valence electrons. The van der Waals surface area contributed by atoms with Crippen molar-refractivity contribution >= 4 is 39.5 Å². The van der Waals surface area contributed by atoms with E-state index in [1.165, 1.54) is 38.5 Å². The summed E-state index contributed by atoms with van der Waals surface area (Å²) in [5.41, 5.74) is 0. The molecule has 0 heterocycles. The van der Waals surface area contributed by atoms with Crippen molar-refractivity contribution in [3.05, 3.63) is 158 Å². The van der Waals surface area contributed by atoms with E-state index >= 15 is 0 Å². The van der Waals surface area contributed by atoms with Crippen LogP contribution in [0.4, 0.5) is 0 Å². The molecule has 0 rings (SSSR count). The fourth-order valence-electron chi connectivity index (χ4n) is 10.4. The molecule has 106 heavy (non-hydrogen) atoms. The van der Waals surface area contributed by atoms with Crippen LogP contribution >= 0.6 is 15.6 Å². The lowest BCUT2D eigenvalue weighted by Gasteiger charge is -2.21. The van der Waals surface area contributed by atoms with Crippen molar-refractivity contribution in [1.82, 2.24) is 0 Å². The van der Waals surface area contributed by atoms with Crippen LogP contribution in [-0.2, 0) is 65.4 Å². The van der Waals surface area contributed by atoms with E-state index in [0.717, 1.165) is 186 Å². The van der Waals surface area contributed by atoms with E-state index in [0.29, 0.717) is 32.1 Å². The number of esters is 4. The third kappa shape index (κ3) is 76.9. The Morgan fingerprint density at radius 2 is 0.500 bits per heavy atom. The summed E-state index contributed by atoms with van der Waals surface area (Å²) < 4.78 is 68.6. The van der Waals surface area contributed by atoms with E-state index in [-0.39, 0.29) is 25.7 Å². The lowest BCUT2D eigenvalue weighted by atomic mass is 10.1. The van der Waals surface area contributed by atoms with Crippen molar-refractivity contribution < 1.29 is 80.2 Å². The normalized spacial score (nSPS) is 14.7. The highest BCUT2D eigenvalue weighted by Crippen LogP contribution is 2.45. The number of aliphatic hydroxyl groups excluding tert-OH is 1. The van der Waals surface area contributed by atoms with Gasteiger partial charge < -0.3 is 33.8 Å². The Bertz CT molecular complexity index is 2630. The zero-order chi connectivity index (χ0) is 77.4. The molecule has 0 amide bonds. The lowest BCUT2D eigenvalue weighted by molar-refractivity contribution is -0.161. The summed E-state index contributed by atoms with van der Waals surface area (Å²) in [7, 11) is -9.99. The highest BCUT2D eigenvalue weighted by Gasteiger charge is 2.30. The summed E-state index contributed by atoms with van der Waals surface area (Å²) in [4.78, 5) is 73.1. The molecule has 0 aromatic heterocycles. The number of rotatable bonds is 75. The molecular weight excluding hydrogens is 1380 g/mol. The molecule has 0 bridgehead atoms. The summed E-state index contributed by atoms with van der Waals surface area (Å²) in [6, 6.07) is 0. The van der Waals surface area contributed by atoms with Gasteiger partial charge in [-0.05, 0) is 141 Å². The minimum atomic E-state index is -5.00. The van der Waals surface area contributed by atoms with Crippen molar-refractivity contribution in [3.8, 4) is 0 Å². The van der Waals surface area contributed by atoms with Gasteiger partial charge in [-0.1, -0.05) is 301 Å². The molecule has 17 nitrogen and oxygen atoms in total. The number of phosphoric acid groups is 2. The van der Waals surface area contributed by atoms with Gasteiger partial charge >= 0.3 is 39.5 Å². The van der Waals surface area contributed by atoms with Gasteiger partial charge in [-0.15, -0.1) is 0 Å². The van der Waals surface area contributed by atoms with Crippen LogP contribution in [0.3, 0.4) is 0 Å². The molecule has 3 N–H and O–H groups in total. The zero-order valence-corrected chi connectivity index (χ0v) is 67.8. The molecule has 0 aromatic rings. The molecular formula is C87H144O17P2. The Labute approximate surface area is 642 Å². The third-order valence-electron chi connectivity index (χ3n) is 16.5. The predicted octanol–water partition coefficient (Wildman–Crippen LogP) is 24.0. The second-order valence-corrected chi connectivity index (χ2v) is 29.5. The van der Waals surface area contributed by atoms with Gasteiger partial charge in [0.15, 0.2) is 12.2 Å². The highest BCUT2D eigenvalue weighted by atomic mass is 31.2. The van der Waals surface area contributed by atoms with Crippen LogP contribution in [0.25, 0.3) is 0 Å². The van der Waals surface area contributed by atoms with Crippen molar-refractivity contribution in [2.45, 2.75) is 329 Å². The predicted molar refractivity (Wildman–Crippen MR) is 436 cm³/mol. The van der Waals surface area contributed by atoms with Crippen LogP contribution in [-0.4, -0.2) is 96.7 Å². The maximum atomic E-state index is 13.1. The first-order chi connectivity index (χ1) is 51.7. The summed E-state index contributed by atoms with van der Waals surface area (Å²) in [5, 5.41) is 10.6. The van der Waals surface area contributed by atoms with E-state index in [1.54, 1.807) is 0 Å². The molecule has 0 saturated carbocycles. The van der Waals surface area contributed by atoms with E-state index in [2.05, 4.69) is 174 Å². The number of hydrogen-bond donors (Lipinski definition) is 3. The molecule has 0 spiro atoms. The monoisotopic (exact) mass is 1520 g/mol. The lowest BCUT2D eigenvalue weighted by Crippen LogP contribution is -2.30. The Morgan fingerprint density at radius 1 is 0.274 bits per heavy atom. The van der Waals surface area contributed by atoms with E-state index in [4.69, 9.17) is 37.0 Å². The van der Waals surface area contributed by atoms with Crippen molar-refractivity contribution in [2.24, 2.45) is 0 Å². The van der Waals surface area contributed by atoms with Crippen LogP contribution in [0.2, 0.25) is 0 Å². The summed E-state index contributed by atoms with van der Waals surface area (Å²) >= 11 is 0. The van der Waals surface area contributed by atoms with Gasteiger partial charge in [0.2, 0.25) is 0 Å². The molecule has 0 saturated heterocycles. The molecule has 0 aliphatic carbocycles. The molecule has 0 aliphatic heterocycles. The van der Waals surface area contributed by atoms with Gasteiger partial charge in [0, 0.05) is 25.7 Å². The van der Waals surface area contributed by atoms with Crippen LogP contribution in [0.1, 0.15) is 310 Å². The van der Waals surface area contributed by atoms with Crippen LogP contribution in [0, 0.1) is 0 Å². The maximum absolute atomic E-state index is 13.1. The minimum absolute atomic E-state index is 0.00863. The van der Waals surface area contributed by atoms with E-state index < -0.39 is 97.5 Å². The summed E-state index contributed by atoms with van der Waals surface area (Å²) in [6.07, 6.45) is 90.8. The molecule has 0 fully saturated rings. The molecule has 5 unspecified atom stereocenters. The van der Waals surface area contributed by atoms with Crippen molar-refractivity contribution in [1.29, 1.82) is 0 Å². The Kier molecular flexibility index (Phi) is 73.9. The smallest absolute Gasteiger partial charge is 0.462 e. The second-order valence-electron chi connectivity index (χ2n) is 26.6. The van der Waals surface area contributed by atoms with Crippen LogP contribution in [0.15, 0.2) is 158 Å². The Morgan fingerprint density at radius 3 is 0.792 bits per heavy atom. The van der Waals surface area contributed by atoms with E-state index in [1.807, 2.05) is 12.2 Å². The number of phosphoric ester groups is 2. The molecule has 0 aromatic carbocycles.